The molecule has 0 heterocycles. The van der Waals surface area contributed by atoms with E-state index in [2.05, 4.69) is 64.8 Å². The van der Waals surface area contributed by atoms with Gasteiger partial charge in [0.05, 0.1) is 0 Å². The molecule has 28 atom stereocenters. The molecule has 25 aliphatic carbocycles. The minimum absolute atomic E-state index is 0.0586. The van der Waals surface area contributed by atoms with Gasteiger partial charge >= 0.3 is 24.1 Å². The van der Waals surface area contributed by atoms with Crippen LogP contribution in [0.4, 0.5) is 9.59 Å². The number of ether oxygens (including phenoxy) is 4. The number of carbonyl (C=O) groups is 4. The third-order valence-corrected chi connectivity index (χ3v) is 32.4. The van der Waals surface area contributed by atoms with Gasteiger partial charge < -0.3 is 29.6 Å². The fourth-order valence-electron chi connectivity index (χ4n) is 33.5. The fourth-order valence-corrected chi connectivity index (χ4v) is 33.5. The van der Waals surface area contributed by atoms with Crippen LogP contribution in [0.5, 0.6) is 0 Å². The first kappa shape index (κ1) is 43.8. The van der Waals surface area contributed by atoms with E-state index in [9.17, 15) is 9.59 Å². The summed E-state index contributed by atoms with van der Waals surface area (Å²) in [6.07, 6.45) is 37.3. The Kier molecular flexibility index (Phi) is 7.43. The smallest absolute Gasteiger partial charge is 0.407 e. The van der Waals surface area contributed by atoms with E-state index in [0.29, 0.717) is 124 Å². The lowest BCUT2D eigenvalue weighted by Crippen LogP contribution is -2.62. The Labute approximate surface area is 463 Å². The lowest BCUT2D eigenvalue weighted by atomic mass is 9.41. The minimum atomic E-state index is -1.58. The minimum Gasteiger partial charge on any atom is -0.461 e. The van der Waals surface area contributed by atoms with Crippen LogP contribution in [-0.4, -0.2) is 61.6 Å². The second kappa shape index (κ2) is 13.4. The summed E-state index contributed by atoms with van der Waals surface area (Å²) in [5.41, 5.74) is 0.638. The summed E-state index contributed by atoms with van der Waals surface area (Å²) in [7, 11) is 0. The van der Waals surface area contributed by atoms with Crippen molar-refractivity contribution in [2.45, 2.75) is 101 Å². The Bertz CT molecular complexity index is 3000. The van der Waals surface area contributed by atoms with E-state index in [1.165, 1.54) is 51.4 Å². The number of carbonyl (C=O) groups excluding carboxylic acids is 4. The molecular weight excluding hydrogens is 985 g/mol. The first-order valence-corrected chi connectivity index (χ1v) is 33.4. The molecule has 8 bridgehead atoms. The average Bonchev–Trinajstić information content (AvgIpc) is 1.49. The Balaban J connectivity index is 0.634. The number of esters is 2. The first-order chi connectivity index (χ1) is 38.6. The normalized spacial score (nSPS) is 64.9. The molecule has 2 amide bonds. The van der Waals surface area contributed by atoms with Crippen molar-refractivity contribution >= 4 is 24.1 Å². The molecule has 25 rings (SSSR count). The highest BCUT2D eigenvalue weighted by Gasteiger charge is 3.05. The monoisotopic (exact) mass is 1060 g/mol. The Morgan fingerprint density at radius 2 is 0.772 bits per heavy atom. The molecule has 0 aliphatic heterocycles. The molecule has 19 saturated carbocycles. The van der Waals surface area contributed by atoms with Gasteiger partial charge in [-0.1, -0.05) is 59.8 Å². The van der Waals surface area contributed by atoms with Gasteiger partial charge in [0.2, 0.25) is 0 Å². The predicted octanol–water partition coefficient (Wildman–Crippen LogP) is 9.98. The van der Waals surface area contributed by atoms with Crippen LogP contribution >= 0.6 is 0 Å². The number of nitrogens with one attached hydrogen (secondary N) is 2. The van der Waals surface area contributed by atoms with E-state index in [1.807, 2.05) is 5.57 Å². The van der Waals surface area contributed by atoms with E-state index in [0.717, 1.165) is 91.8 Å². The molecule has 0 aromatic rings. The quantitative estimate of drug-likeness (QED) is 0.0728. The van der Waals surface area contributed by atoms with Crippen molar-refractivity contribution in [1.29, 1.82) is 0 Å². The molecule has 0 saturated heterocycles. The maximum Gasteiger partial charge on any atom is 0.407 e. The number of alkyl carbamates (subject to hydrolysis) is 2. The van der Waals surface area contributed by atoms with Gasteiger partial charge in [0.1, 0.15) is 26.4 Å². The molecule has 412 valence electrons. The van der Waals surface area contributed by atoms with Crippen LogP contribution in [0.1, 0.15) is 89.9 Å². The molecule has 2 spiro atoms. The summed E-state index contributed by atoms with van der Waals surface area (Å²) in [5.74, 6) is 19.1. The van der Waals surface area contributed by atoms with Crippen LogP contribution in [0.25, 0.3) is 0 Å². The van der Waals surface area contributed by atoms with Crippen molar-refractivity contribution in [1.82, 2.24) is 10.6 Å². The number of rotatable bonds is 10. The summed E-state index contributed by atoms with van der Waals surface area (Å²) >= 11 is 0. The van der Waals surface area contributed by atoms with Gasteiger partial charge in [-0.15, -0.1) is 0 Å². The van der Waals surface area contributed by atoms with Gasteiger partial charge in [-0.3, -0.25) is 9.59 Å². The maximum atomic E-state index is 16.4. The van der Waals surface area contributed by atoms with Gasteiger partial charge in [0, 0.05) is 21.9 Å². The van der Waals surface area contributed by atoms with Crippen molar-refractivity contribution in [2.24, 2.45) is 206 Å². The van der Waals surface area contributed by atoms with Crippen LogP contribution < -0.4 is 10.6 Å². The number of allylic oxidation sites excluding steroid dienone is 10. The standard InChI is InChI=1S/C69H78N2O8/c72-61(76-11-13-78-63(74)70-65-21-27-15-28(22-65)17-29(16-27)23-65)69(62(73)77-12-14-79-64(75)71-66-24-30-18-31(25-66)20-32(19-30)26-66)67-9-7-39-37-5-3-35-33-1-2-34-36-4-6-38-40-8-10-68(67,69)60-48(40)52-46(38)44(36)50-42(34)41(33)49-43(35)45(37)51-47(39)59(67)58(60)57-55(51)53(49)54(50)56(52)57/h1-3,5,7-10,27-48,50-52,54-60H,4,6,11-26H2,(H,70,74)(H,71,75). The average molecular weight is 1060 g/mol. The summed E-state index contributed by atoms with van der Waals surface area (Å²) in [6.45, 7) is -0.323. The molecule has 25 aliphatic rings. The fraction of sp³-hybridized carbons (Fsp3) is 0.797. The van der Waals surface area contributed by atoms with E-state index in [4.69, 9.17) is 18.9 Å². The summed E-state index contributed by atoms with van der Waals surface area (Å²) in [4.78, 5) is 60.2. The van der Waals surface area contributed by atoms with Gasteiger partial charge in [0.25, 0.3) is 0 Å². The van der Waals surface area contributed by atoms with E-state index >= 15 is 9.59 Å². The Morgan fingerprint density at radius 3 is 1.32 bits per heavy atom. The molecule has 28 unspecified atom stereocenters. The molecule has 2 N–H and O–H groups in total. The second-order valence-electron chi connectivity index (χ2n) is 33.5. The third-order valence-electron chi connectivity index (χ3n) is 32.4. The highest BCUT2D eigenvalue weighted by atomic mass is 16.6. The highest BCUT2D eigenvalue weighted by Crippen LogP contribution is 3.02. The summed E-state index contributed by atoms with van der Waals surface area (Å²) < 4.78 is 25.3. The van der Waals surface area contributed by atoms with Crippen molar-refractivity contribution in [3.8, 4) is 0 Å². The number of hydrogen-bond acceptors (Lipinski definition) is 8. The molecule has 0 radical (unpaired) electrons. The predicted molar refractivity (Wildman–Crippen MR) is 284 cm³/mol. The summed E-state index contributed by atoms with van der Waals surface area (Å²) in [5, 5.41) is 6.73. The lowest BCUT2D eigenvalue weighted by Gasteiger charge is -2.63. The number of hydrogen-bond donors (Lipinski definition) is 2. The molecule has 79 heavy (non-hydrogen) atoms. The van der Waals surface area contributed by atoms with Crippen LogP contribution in [0.2, 0.25) is 0 Å². The zero-order valence-corrected chi connectivity index (χ0v) is 45.6. The van der Waals surface area contributed by atoms with Gasteiger partial charge in [-0.25, -0.2) is 9.59 Å². The first-order valence-electron chi connectivity index (χ1n) is 33.4. The van der Waals surface area contributed by atoms with Gasteiger partial charge in [-0.05, 0) is 279 Å². The van der Waals surface area contributed by atoms with Gasteiger partial charge in [-0.2, -0.15) is 0 Å². The molecule has 0 aromatic heterocycles. The SMILES string of the molecule is O=C(NC12CC3CC(CC(C3)C1)C2)OCCOC(=O)C1(C(=O)OCCOC(=O)NC23CC4CC(CC(C4)C2)C3)C23C=CC4C5C=CC6C7C=CC8C9CCC%10C%11C=CC12C1C%11C2C%10C9C9C%10C%11=C(C7C89)C6C5C5C%11C(C%102)C1C3C45. The Morgan fingerprint density at radius 1 is 0.392 bits per heavy atom. The van der Waals surface area contributed by atoms with Crippen molar-refractivity contribution in [3.63, 3.8) is 0 Å². The zero-order chi connectivity index (χ0) is 51.1. The van der Waals surface area contributed by atoms with E-state index in [-0.39, 0.29) is 49.3 Å². The second-order valence-corrected chi connectivity index (χ2v) is 33.5. The third kappa shape index (κ3) is 4.35. The van der Waals surface area contributed by atoms with Crippen LogP contribution in [0.15, 0.2) is 59.8 Å². The number of amides is 2. The van der Waals surface area contributed by atoms with Crippen LogP contribution in [0.3, 0.4) is 0 Å². The van der Waals surface area contributed by atoms with Crippen molar-refractivity contribution in [3.05, 3.63) is 59.8 Å². The van der Waals surface area contributed by atoms with E-state index < -0.39 is 40.4 Å². The molecule has 19 fully saturated rings. The zero-order valence-electron chi connectivity index (χ0n) is 45.6. The Hall–Kier alpha value is -3.82. The highest BCUT2D eigenvalue weighted by molar-refractivity contribution is 6.09. The molecular formula is C69H78N2O8. The topological polar surface area (TPSA) is 129 Å². The molecule has 0 aromatic carbocycles. The lowest BCUT2D eigenvalue weighted by molar-refractivity contribution is -0.187. The van der Waals surface area contributed by atoms with Crippen molar-refractivity contribution in [2.75, 3.05) is 26.4 Å². The summed E-state index contributed by atoms with van der Waals surface area (Å²) in [6, 6.07) is 0. The van der Waals surface area contributed by atoms with E-state index in [1.54, 1.807) is 0 Å². The number of fused-ring (bicyclic) bond motifs is 4. The van der Waals surface area contributed by atoms with Crippen LogP contribution in [0, 0.1) is 206 Å². The molecule has 10 nitrogen and oxygen atoms in total. The molecule has 10 heteroatoms. The van der Waals surface area contributed by atoms with Crippen molar-refractivity contribution < 1.29 is 38.1 Å². The van der Waals surface area contributed by atoms with Gasteiger partial charge in [0.15, 0.2) is 5.41 Å². The largest absolute Gasteiger partial charge is 0.461 e. The van der Waals surface area contributed by atoms with Crippen LogP contribution in [-0.2, 0) is 28.5 Å². The maximum absolute atomic E-state index is 16.4.